The van der Waals surface area contributed by atoms with Gasteiger partial charge in [-0.25, -0.2) is 13.1 Å². The molecule has 8 nitrogen and oxygen atoms in total. The van der Waals surface area contributed by atoms with Gasteiger partial charge in [-0.1, -0.05) is 12.1 Å². The van der Waals surface area contributed by atoms with E-state index in [0.717, 1.165) is 13.1 Å². The maximum absolute atomic E-state index is 12.9. The molecule has 2 aliphatic rings. The second kappa shape index (κ2) is 7.36. The third kappa shape index (κ3) is 3.23. The lowest BCUT2D eigenvalue weighted by molar-refractivity contribution is 0.0357. The number of hydrogen-bond donors (Lipinski definition) is 1. The molecular formula is C16H19ClN4O4S. The number of nitrogens with one attached hydrogen (secondary N) is 1. The van der Waals surface area contributed by atoms with Gasteiger partial charge >= 0.3 is 0 Å². The molecule has 1 saturated heterocycles. The largest absolute Gasteiger partial charge is 0.379 e. The summed E-state index contributed by atoms with van der Waals surface area (Å²) in [5.74, 6) is 0. The highest BCUT2D eigenvalue weighted by atomic mass is 35.5. The highest BCUT2D eigenvalue weighted by Crippen LogP contribution is 2.36. The van der Waals surface area contributed by atoms with Gasteiger partial charge in [0.05, 0.1) is 42.2 Å². The van der Waals surface area contributed by atoms with E-state index in [4.69, 9.17) is 4.74 Å². The van der Waals surface area contributed by atoms with Crippen molar-refractivity contribution in [1.82, 2.24) is 14.7 Å². The monoisotopic (exact) mass is 398 g/mol. The minimum Gasteiger partial charge on any atom is -0.379 e. The fraction of sp³-hybridized carbons (Fsp3) is 0.375. The van der Waals surface area contributed by atoms with Gasteiger partial charge in [-0.3, -0.25) is 9.69 Å². The van der Waals surface area contributed by atoms with Crippen LogP contribution in [-0.4, -0.2) is 55.9 Å². The van der Waals surface area contributed by atoms with Gasteiger partial charge in [0.1, 0.15) is 0 Å². The molecule has 2 aliphatic heterocycles. The number of para-hydroxylation sites is 1. The van der Waals surface area contributed by atoms with Crippen LogP contribution in [0, 0.1) is 0 Å². The number of morpholine rings is 1. The number of halogens is 1. The maximum atomic E-state index is 12.9. The molecule has 140 valence electrons. The zero-order valence-electron chi connectivity index (χ0n) is 13.9. The first kappa shape index (κ1) is 18.8. The number of fused-ring (bicyclic) bond motifs is 2. The number of ether oxygens (including phenoxy) is 1. The van der Waals surface area contributed by atoms with Crippen LogP contribution in [0.3, 0.4) is 0 Å². The van der Waals surface area contributed by atoms with E-state index in [2.05, 4.69) is 15.3 Å². The first-order chi connectivity index (χ1) is 12.1. The van der Waals surface area contributed by atoms with Crippen LogP contribution in [-0.2, 0) is 21.1 Å². The van der Waals surface area contributed by atoms with Gasteiger partial charge in [-0.05, 0) is 12.1 Å². The smallest absolute Gasteiger partial charge is 0.288 e. The van der Waals surface area contributed by atoms with E-state index in [1.165, 1.54) is 16.9 Å². The molecule has 1 N–H and O–H groups in total. The van der Waals surface area contributed by atoms with Crippen LogP contribution in [0.5, 0.6) is 0 Å². The molecule has 0 aliphatic carbocycles. The normalized spacial score (nSPS) is 18.2. The zero-order valence-corrected chi connectivity index (χ0v) is 15.6. The summed E-state index contributed by atoms with van der Waals surface area (Å²) in [7, 11) is -3.87. The molecule has 0 amide bonds. The first-order valence-electron chi connectivity index (χ1n) is 8.09. The minimum atomic E-state index is -3.87. The third-order valence-corrected chi connectivity index (χ3v) is 6.31. The highest BCUT2D eigenvalue weighted by molar-refractivity contribution is 7.92. The van der Waals surface area contributed by atoms with Crippen molar-refractivity contribution in [3.05, 3.63) is 40.8 Å². The van der Waals surface area contributed by atoms with Crippen LogP contribution in [0.25, 0.3) is 0 Å². The van der Waals surface area contributed by atoms with E-state index in [0.29, 0.717) is 32.0 Å². The molecule has 0 saturated carbocycles. The fourth-order valence-corrected chi connectivity index (χ4v) is 4.71. The van der Waals surface area contributed by atoms with Gasteiger partial charge in [-0.15, -0.1) is 12.4 Å². The minimum absolute atomic E-state index is 0. The maximum Gasteiger partial charge on any atom is 0.288 e. The van der Waals surface area contributed by atoms with E-state index >= 15 is 0 Å². The Balaban J connectivity index is 0.00000196. The van der Waals surface area contributed by atoms with Gasteiger partial charge in [-0.2, -0.15) is 5.10 Å². The lowest BCUT2D eigenvalue weighted by Gasteiger charge is -2.26. The predicted octanol–water partition coefficient (Wildman–Crippen LogP) is 0.887. The zero-order chi connectivity index (χ0) is 17.4. The van der Waals surface area contributed by atoms with Crippen molar-refractivity contribution in [3.8, 4) is 0 Å². The Morgan fingerprint density at radius 1 is 1.12 bits per heavy atom. The van der Waals surface area contributed by atoms with Gasteiger partial charge < -0.3 is 10.1 Å². The summed E-state index contributed by atoms with van der Waals surface area (Å²) in [6.07, 6.45) is 1.41. The van der Waals surface area contributed by atoms with Crippen LogP contribution in [0.4, 0.5) is 11.4 Å². The van der Waals surface area contributed by atoms with Crippen molar-refractivity contribution < 1.29 is 13.2 Å². The number of rotatable bonds is 3. The van der Waals surface area contributed by atoms with Crippen molar-refractivity contribution >= 4 is 33.6 Å². The topological polar surface area (TPSA) is 93.5 Å². The van der Waals surface area contributed by atoms with Gasteiger partial charge in [0.15, 0.2) is 4.90 Å². The quantitative estimate of drug-likeness (QED) is 0.700. The van der Waals surface area contributed by atoms with Crippen LogP contribution < -0.4 is 10.9 Å². The molecule has 0 atom stereocenters. The summed E-state index contributed by atoms with van der Waals surface area (Å²) in [5.41, 5.74) is 0.0985. The average molecular weight is 399 g/mol. The number of sulfone groups is 1. The van der Waals surface area contributed by atoms with Crippen LogP contribution in [0.1, 0.15) is 0 Å². The number of benzene rings is 1. The Hall–Kier alpha value is -1.94. The Morgan fingerprint density at radius 2 is 1.85 bits per heavy atom. The van der Waals surface area contributed by atoms with E-state index in [-0.39, 0.29) is 27.9 Å². The lowest BCUT2D eigenvalue weighted by atomic mass is 10.3. The molecule has 0 spiro atoms. The van der Waals surface area contributed by atoms with Crippen LogP contribution in [0.2, 0.25) is 0 Å². The van der Waals surface area contributed by atoms with Crippen molar-refractivity contribution in [2.75, 3.05) is 38.2 Å². The Morgan fingerprint density at radius 3 is 2.62 bits per heavy atom. The molecule has 4 rings (SSSR count). The van der Waals surface area contributed by atoms with Crippen LogP contribution in [0.15, 0.2) is 45.0 Å². The summed E-state index contributed by atoms with van der Waals surface area (Å²) in [6.45, 7) is 3.89. The van der Waals surface area contributed by atoms with Gasteiger partial charge in [0.25, 0.3) is 5.56 Å². The molecule has 1 fully saturated rings. The highest BCUT2D eigenvalue weighted by Gasteiger charge is 2.33. The third-order valence-electron chi connectivity index (χ3n) is 4.45. The Kier molecular flexibility index (Phi) is 5.33. The number of hydrogen-bond acceptors (Lipinski definition) is 7. The summed E-state index contributed by atoms with van der Waals surface area (Å²) >= 11 is 0. The second-order valence-corrected chi connectivity index (χ2v) is 7.85. The van der Waals surface area contributed by atoms with E-state index in [9.17, 15) is 13.2 Å². The Bertz CT molecular complexity index is 970. The first-order valence-corrected chi connectivity index (χ1v) is 9.57. The average Bonchev–Trinajstić information content (AvgIpc) is 2.62. The lowest BCUT2D eigenvalue weighted by Crippen LogP contribution is -2.40. The van der Waals surface area contributed by atoms with Crippen molar-refractivity contribution in [2.24, 2.45) is 0 Å². The van der Waals surface area contributed by atoms with E-state index in [1.54, 1.807) is 18.2 Å². The van der Waals surface area contributed by atoms with Crippen molar-refractivity contribution in [1.29, 1.82) is 0 Å². The van der Waals surface area contributed by atoms with Crippen LogP contribution >= 0.6 is 12.4 Å². The van der Waals surface area contributed by atoms with Crippen molar-refractivity contribution in [3.63, 3.8) is 0 Å². The predicted molar refractivity (Wildman–Crippen MR) is 98.2 cm³/mol. The number of aromatic nitrogens is 2. The molecular weight excluding hydrogens is 380 g/mol. The molecule has 0 bridgehead atoms. The molecule has 2 aromatic rings. The Labute approximate surface area is 157 Å². The van der Waals surface area contributed by atoms with Gasteiger partial charge in [0.2, 0.25) is 9.84 Å². The summed E-state index contributed by atoms with van der Waals surface area (Å²) in [4.78, 5) is 14.8. The van der Waals surface area contributed by atoms with E-state index < -0.39 is 15.4 Å². The second-order valence-electron chi connectivity index (χ2n) is 5.99. The van der Waals surface area contributed by atoms with Gasteiger partial charge in [0, 0.05) is 19.6 Å². The molecule has 10 heteroatoms. The molecule has 0 radical (unpaired) electrons. The molecule has 26 heavy (non-hydrogen) atoms. The summed E-state index contributed by atoms with van der Waals surface area (Å²) < 4.78 is 32.3. The summed E-state index contributed by atoms with van der Waals surface area (Å²) in [5, 5.41) is 7.12. The molecule has 3 heterocycles. The standard InChI is InChI=1S/C16H18N4O4S.ClH/c21-16-15-13(18-12-3-1-2-4-14(12)25(15,22)23)11-17-20(16)6-5-19-7-9-24-10-8-19;/h1-4,11,18H,5-10H2;1H. The van der Waals surface area contributed by atoms with Crippen molar-refractivity contribution in [2.45, 2.75) is 16.3 Å². The summed E-state index contributed by atoms with van der Waals surface area (Å²) in [6, 6.07) is 6.54. The SMILES string of the molecule is Cl.O=c1c2c(cnn1CCN1CCOCC1)Nc1ccccc1S2(=O)=O. The fourth-order valence-electron chi connectivity index (χ4n) is 3.10. The molecule has 1 aromatic carbocycles. The number of anilines is 2. The molecule has 1 aromatic heterocycles. The van der Waals surface area contributed by atoms with E-state index in [1.807, 2.05) is 0 Å². The number of nitrogens with zero attached hydrogens (tertiary/aromatic N) is 3. The molecule has 0 unspecified atom stereocenters.